The maximum absolute atomic E-state index is 13.2. The molecule has 0 bridgehead atoms. The van der Waals surface area contributed by atoms with Crippen LogP contribution in [0.1, 0.15) is 35.7 Å². The number of carbonyl (C=O) groups excluding carboxylic acids is 4. The van der Waals surface area contributed by atoms with E-state index in [1.807, 2.05) is 43.3 Å². The van der Waals surface area contributed by atoms with Crippen molar-refractivity contribution >= 4 is 35.1 Å². The molecule has 158 valence electrons. The van der Waals surface area contributed by atoms with Gasteiger partial charge in [0.1, 0.15) is 6.04 Å². The molecule has 0 saturated carbocycles. The van der Waals surface area contributed by atoms with Gasteiger partial charge in [0.2, 0.25) is 11.8 Å². The van der Waals surface area contributed by atoms with Crippen LogP contribution in [0.2, 0.25) is 0 Å². The number of nitrogens with one attached hydrogen (secondary N) is 1. The molecule has 2 saturated heterocycles. The Morgan fingerprint density at radius 1 is 0.968 bits per heavy atom. The van der Waals surface area contributed by atoms with Crippen molar-refractivity contribution in [3.05, 3.63) is 59.7 Å². The van der Waals surface area contributed by atoms with Crippen molar-refractivity contribution in [3.8, 4) is 0 Å². The molecule has 31 heavy (non-hydrogen) atoms. The van der Waals surface area contributed by atoms with Gasteiger partial charge in [-0.15, -0.1) is 0 Å². The van der Waals surface area contributed by atoms with Crippen LogP contribution in [-0.4, -0.2) is 47.3 Å². The van der Waals surface area contributed by atoms with Crippen LogP contribution in [-0.2, 0) is 16.1 Å². The summed E-state index contributed by atoms with van der Waals surface area (Å²) in [5.41, 5.74) is 2.90. The molecule has 2 aromatic rings. The van der Waals surface area contributed by atoms with Gasteiger partial charge in [0.15, 0.2) is 0 Å². The largest absolute Gasteiger partial charge is 0.329 e. The van der Waals surface area contributed by atoms with E-state index in [9.17, 15) is 19.2 Å². The van der Waals surface area contributed by atoms with E-state index in [1.165, 1.54) is 4.90 Å². The molecule has 2 atom stereocenters. The number of hydrogen-bond acceptors (Lipinski definition) is 4. The summed E-state index contributed by atoms with van der Waals surface area (Å²) < 4.78 is 0. The number of nitrogens with zero attached hydrogens (tertiary/aromatic N) is 3. The van der Waals surface area contributed by atoms with E-state index in [0.717, 1.165) is 16.9 Å². The van der Waals surface area contributed by atoms with Crippen molar-refractivity contribution in [3.63, 3.8) is 0 Å². The lowest BCUT2D eigenvalue weighted by Crippen LogP contribution is -2.52. The van der Waals surface area contributed by atoms with Gasteiger partial charge < -0.3 is 4.90 Å². The fourth-order valence-electron chi connectivity index (χ4n) is 4.64. The fourth-order valence-corrected chi connectivity index (χ4v) is 4.64. The Hall–Kier alpha value is -3.68. The van der Waals surface area contributed by atoms with Crippen LogP contribution in [0.4, 0.5) is 16.2 Å². The van der Waals surface area contributed by atoms with Crippen LogP contribution in [0.15, 0.2) is 48.5 Å². The van der Waals surface area contributed by atoms with Gasteiger partial charge in [-0.3, -0.25) is 29.5 Å². The number of fused-ring (bicyclic) bond motifs is 1. The number of piperidine rings is 1. The molecule has 5 amide bonds. The first kappa shape index (κ1) is 19.3. The van der Waals surface area contributed by atoms with Crippen LogP contribution in [0.3, 0.4) is 0 Å². The van der Waals surface area contributed by atoms with Crippen LogP contribution >= 0.6 is 0 Å². The SMILES string of the molecule is C[C@@H]1CN(c2ccc3c(c2)CN(C2CCC(=O)NC2=O)C3=O)C(=O)N1c1ccccc1. The summed E-state index contributed by atoms with van der Waals surface area (Å²) >= 11 is 0. The molecule has 1 unspecified atom stereocenters. The van der Waals surface area contributed by atoms with E-state index in [4.69, 9.17) is 0 Å². The molecule has 8 heteroatoms. The first-order valence-electron chi connectivity index (χ1n) is 10.4. The zero-order valence-electron chi connectivity index (χ0n) is 17.1. The third-order valence-corrected chi connectivity index (χ3v) is 6.18. The van der Waals surface area contributed by atoms with Gasteiger partial charge in [-0.25, -0.2) is 4.79 Å². The van der Waals surface area contributed by atoms with Crippen LogP contribution in [0.5, 0.6) is 0 Å². The smallest absolute Gasteiger partial charge is 0.322 e. The second-order valence-corrected chi connectivity index (χ2v) is 8.19. The Labute approximate surface area is 179 Å². The lowest BCUT2D eigenvalue weighted by atomic mass is 10.0. The fraction of sp³-hybridized carbons (Fsp3) is 0.304. The number of hydrogen-bond donors (Lipinski definition) is 1. The molecule has 0 aliphatic carbocycles. The Kier molecular flexibility index (Phi) is 4.50. The summed E-state index contributed by atoms with van der Waals surface area (Å²) in [6, 6.07) is 14.2. The Balaban J connectivity index is 1.39. The van der Waals surface area contributed by atoms with E-state index in [2.05, 4.69) is 5.32 Å². The number of rotatable bonds is 3. The van der Waals surface area contributed by atoms with Crippen LogP contribution in [0, 0.1) is 0 Å². The monoisotopic (exact) mass is 418 g/mol. The second kappa shape index (κ2) is 7.23. The minimum Gasteiger partial charge on any atom is -0.322 e. The minimum atomic E-state index is -0.650. The number of imide groups is 1. The Morgan fingerprint density at radius 2 is 1.74 bits per heavy atom. The normalized spacial score (nSPS) is 23.5. The van der Waals surface area contributed by atoms with Crippen molar-refractivity contribution in [2.24, 2.45) is 0 Å². The summed E-state index contributed by atoms with van der Waals surface area (Å²) in [5, 5.41) is 2.31. The van der Waals surface area contributed by atoms with Gasteiger partial charge in [0, 0.05) is 36.4 Å². The van der Waals surface area contributed by atoms with E-state index in [0.29, 0.717) is 18.5 Å². The number of urea groups is 1. The highest BCUT2D eigenvalue weighted by Crippen LogP contribution is 2.33. The number of para-hydroxylation sites is 1. The first-order chi connectivity index (χ1) is 14.9. The third kappa shape index (κ3) is 3.15. The molecule has 8 nitrogen and oxygen atoms in total. The molecule has 5 rings (SSSR count). The molecule has 3 heterocycles. The molecule has 2 aromatic carbocycles. The van der Waals surface area contributed by atoms with Crippen molar-refractivity contribution in [2.75, 3.05) is 16.3 Å². The maximum atomic E-state index is 13.2. The predicted molar refractivity (Wildman–Crippen MR) is 114 cm³/mol. The molecule has 3 aliphatic heterocycles. The zero-order valence-corrected chi connectivity index (χ0v) is 17.1. The third-order valence-electron chi connectivity index (χ3n) is 6.18. The highest BCUT2D eigenvalue weighted by atomic mass is 16.2. The standard InChI is InChI=1S/C23H22N4O4/c1-14-12-25(23(31)27(14)16-5-3-2-4-6-16)17-7-8-18-15(11-17)13-26(22(18)30)19-9-10-20(28)24-21(19)29/h2-8,11,14,19H,9-10,12-13H2,1H3,(H,24,28,29)/t14-,19?/m1/s1. The number of carbonyl (C=O) groups is 4. The van der Waals surface area contributed by atoms with Crippen molar-refractivity contribution < 1.29 is 19.2 Å². The number of amides is 5. The second-order valence-electron chi connectivity index (χ2n) is 8.19. The molecule has 0 radical (unpaired) electrons. The number of anilines is 2. The van der Waals surface area contributed by atoms with Gasteiger partial charge in [-0.1, -0.05) is 18.2 Å². The first-order valence-corrected chi connectivity index (χ1v) is 10.4. The molecular weight excluding hydrogens is 396 g/mol. The average molecular weight is 418 g/mol. The van der Waals surface area contributed by atoms with Gasteiger partial charge >= 0.3 is 6.03 Å². The van der Waals surface area contributed by atoms with Crippen molar-refractivity contribution in [1.82, 2.24) is 10.2 Å². The van der Waals surface area contributed by atoms with Crippen molar-refractivity contribution in [2.45, 2.75) is 38.4 Å². The molecular formula is C23H22N4O4. The van der Waals surface area contributed by atoms with Crippen LogP contribution in [0.25, 0.3) is 0 Å². The van der Waals surface area contributed by atoms with E-state index in [-0.39, 0.29) is 36.9 Å². The summed E-state index contributed by atoms with van der Waals surface area (Å²) in [6.45, 7) is 2.83. The van der Waals surface area contributed by atoms with Crippen molar-refractivity contribution in [1.29, 1.82) is 0 Å². The summed E-state index contributed by atoms with van der Waals surface area (Å²) in [5.74, 6) is -0.958. The highest BCUT2D eigenvalue weighted by molar-refractivity contribution is 6.08. The quantitative estimate of drug-likeness (QED) is 0.775. The molecule has 0 spiro atoms. The average Bonchev–Trinajstić information content (AvgIpc) is 3.24. The summed E-state index contributed by atoms with van der Waals surface area (Å²) in [6.07, 6.45) is 0.544. The summed E-state index contributed by atoms with van der Waals surface area (Å²) in [7, 11) is 0. The van der Waals surface area contributed by atoms with E-state index < -0.39 is 11.9 Å². The topological polar surface area (TPSA) is 90.0 Å². The predicted octanol–water partition coefficient (Wildman–Crippen LogP) is 2.28. The maximum Gasteiger partial charge on any atom is 0.329 e. The van der Waals surface area contributed by atoms with Crippen LogP contribution < -0.4 is 15.1 Å². The Morgan fingerprint density at radius 3 is 2.48 bits per heavy atom. The number of benzene rings is 2. The minimum absolute atomic E-state index is 0.00440. The van der Waals surface area contributed by atoms with E-state index >= 15 is 0 Å². The lowest BCUT2D eigenvalue weighted by molar-refractivity contribution is -0.136. The van der Waals surface area contributed by atoms with Gasteiger partial charge in [-0.2, -0.15) is 0 Å². The summed E-state index contributed by atoms with van der Waals surface area (Å²) in [4.78, 5) is 54.7. The van der Waals surface area contributed by atoms with E-state index in [1.54, 1.807) is 21.9 Å². The molecule has 3 aliphatic rings. The van der Waals surface area contributed by atoms with Gasteiger partial charge in [0.05, 0.1) is 6.04 Å². The molecule has 0 aromatic heterocycles. The van der Waals surface area contributed by atoms with Gasteiger partial charge in [-0.05, 0) is 49.2 Å². The Bertz CT molecular complexity index is 1100. The van der Waals surface area contributed by atoms with Gasteiger partial charge in [0.25, 0.3) is 5.91 Å². The lowest BCUT2D eigenvalue weighted by Gasteiger charge is -2.29. The zero-order chi connectivity index (χ0) is 21.7. The highest BCUT2D eigenvalue weighted by Gasteiger charge is 2.40. The molecule has 2 fully saturated rings. The molecule has 1 N–H and O–H groups in total.